The molecule has 0 aliphatic carbocycles. The van der Waals surface area contributed by atoms with Gasteiger partial charge in [0.2, 0.25) is 0 Å². The zero-order chi connectivity index (χ0) is 14.3. The maximum Gasteiger partial charge on any atom is 0.120 e. The number of unbranched alkanes of at least 4 members (excludes halogenated alkanes) is 1. The summed E-state index contributed by atoms with van der Waals surface area (Å²) in [4.78, 5) is 0.396. The van der Waals surface area contributed by atoms with Crippen molar-refractivity contribution in [2.45, 2.75) is 39.5 Å². The van der Waals surface area contributed by atoms with Crippen LogP contribution < -0.4 is 10.5 Å². The van der Waals surface area contributed by atoms with Crippen molar-refractivity contribution < 1.29 is 4.74 Å². The zero-order valence-electron chi connectivity index (χ0n) is 11.6. The third-order valence-electron chi connectivity index (χ3n) is 3.23. The molecule has 1 aromatic carbocycles. The fourth-order valence-electron chi connectivity index (χ4n) is 1.90. The molecule has 1 aromatic rings. The maximum absolute atomic E-state index is 5.86. The van der Waals surface area contributed by atoms with Gasteiger partial charge in [-0.05, 0) is 46.5 Å². The molecule has 19 heavy (non-hydrogen) atoms. The Morgan fingerprint density at radius 1 is 1.42 bits per heavy atom. The first-order valence-electron chi connectivity index (χ1n) is 6.80. The summed E-state index contributed by atoms with van der Waals surface area (Å²) in [5.41, 5.74) is 6.47. The van der Waals surface area contributed by atoms with Crippen LogP contribution >= 0.6 is 28.1 Å². The number of nitrogens with two attached hydrogens (primary N) is 1. The largest absolute Gasteiger partial charge is 0.493 e. The first-order valence-corrected chi connectivity index (χ1v) is 8.00. The summed E-state index contributed by atoms with van der Waals surface area (Å²) < 4.78 is 6.75. The van der Waals surface area contributed by atoms with Crippen LogP contribution in [0.2, 0.25) is 0 Å². The maximum atomic E-state index is 5.86. The van der Waals surface area contributed by atoms with E-state index in [4.69, 9.17) is 22.7 Å². The summed E-state index contributed by atoms with van der Waals surface area (Å²) in [5, 5.41) is 0. The Kier molecular flexibility index (Phi) is 7.39. The van der Waals surface area contributed by atoms with Gasteiger partial charge in [0, 0.05) is 10.0 Å². The van der Waals surface area contributed by atoms with Crippen LogP contribution in [-0.2, 0) is 0 Å². The van der Waals surface area contributed by atoms with Gasteiger partial charge in [-0.2, -0.15) is 0 Å². The molecule has 0 fully saturated rings. The van der Waals surface area contributed by atoms with Crippen molar-refractivity contribution in [3.8, 4) is 5.75 Å². The van der Waals surface area contributed by atoms with Crippen molar-refractivity contribution in [1.82, 2.24) is 0 Å². The van der Waals surface area contributed by atoms with Gasteiger partial charge in [0.05, 0.1) is 6.61 Å². The number of hydrogen-bond donors (Lipinski definition) is 1. The standard InChI is InChI=1S/C15H22BrNOS/c1-3-5-6-11(4-2)10-18-12-7-8-13(15(17)19)14(16)9-12/h7-9,11H,3-6,10H2,1-2H3,(H2,17,19). The van der Waals surface area contributed by atoms with Gasteiger partial charge in [-0.1, -0.05) is 45.3 Å². The first-order chi connectivity index (χ1) is 9.08. The fourth-order valence-corrected chi connectivity index (χ4v) is 2.78. The van der Waals surface area contributed by atoms with Crippen LogP contribution in [0.3, 0.4) is 0 Å². The lowest BCUT2D eigenvalue weighted by Gasteiger charge is -2.16. The molecule has 2 nitrogen and oxygen atoms in total. The molecule has 2 N–H and O–H groups in total. The smallest absolute Gasteiger partial charge is 0.120 e. The molecule has 0 aromatic heterocycles. The number of hydrogen-bond acceptors (Lipinski definition) is 2. The number of thiocarbonyl (C=S) groups is 1. The van der Waals surface area contributed by atoms with Gasteiger partial charge in [-0.25, -0.2) is 0 Å². The SMILES string of the molecule is CCCCC(CC)COc1ccc(C(N)=S)c(Br)c1. The fraction of sp³-hybridized carbons (Fsp3) is 0.533. The van der Waals surface area contributed by atoms with Crippen molar-refractivity contribution in [3.63, 3.8) is 0 Å². The molecule has 0 radical (unpaired) electrons. The minimum atomic E-state index is 0.396. The van der Waals surface area contributed by atoms with Crippen molar-refractivity contribution in [3.05, 3.63) is 28.2 Å². The summed E-state index contributed by atoms with van der Waals surface area (Å²) in [7, 11) is 0. The van der Waals surface area contributed by atoms with Crippen LogP contribution in [0, 0.1) is 5.92 Å². The van der Waals surface area contributed by atoms with Crippen LogP contribution in [0.1, 0.15) is 45.1 Å². The topological polar surface area (TPSA) is 35.2 Å². The highest BCUT2D eigenvalue weighted by molar-refractivity contribution is 9.10. The Hall–Kier alpha value is -0.610. The average Bonchev–Trinajstić information content (AvgIpc) is 2.38. The lowest BCUT2D eigenvalue weighted by Crippen LogP contribution is -2.12. The molecule has 0 saturated heterocycles. The molecule has 0 aliphatic heterocycles. The third kappa shape index (κ3) is 5.49. The van der Waals surface area contributed by atoms with E-state index < -0.39 is 0 Å². The highest BCUT2D eigenvalue weighted by atomic mass is 79.9. The van der Waals surface area contributed by atoms with Crippen LogP contribution in [-0.4, -0.2) is 11.6 Å². The monoisotopic (exact) mass is 343 g/mol. The molecular weight excluding hydrogens is 322 g/mol. The molecule has 0 saturated carbocycles. The molecule has 0 spiro atoms. The third-order valence-corrected chi connectivity index (χ3v) is 4.11. The van der Waals surface area contributed by atoms with E-state index in [1.807, 2.05) is 18.2 Å². The van der Waals surface area contributed by atoms with Gasteiger partial charge < -0.3 is 10.5 Å². The van der Waals surface area contributed by atoms with E-state index >= 15 is 0 Å². The molecule has 0 aliphatic rings. The Balaban J connectivity index is 2.57. The van der Waals surface area contributed by atoms with Crippen molar-refractivity contribution in [1.29, 1.82) is 0 Å². The summed E-state index contributed by atoms with van der Waals surface area (Å²) in [6.45, 7) is 5.21. The predicted octanol–water partition coefficient (Wildman–Crippen LogP) is 4.68. The normalized spacial score (nSPS) is 12.2. The summed E-state index contributed by atoms with van der Waals surface area (Å²) in [6, 6.07) is 5.75. The van der Waals surface area contributed by atoms with Crippen LogP contribution in [0.15, 0.2) is 22.7 Å². The van der Waals surface area contributed by atoms with E-state index in [1.54, 1.807) is 0 Å². The lowest BCUT2D eigenvalue weighted by molar-refractivity contribution is 0.233. The second-order valence-electron chi connectivity index (χ2n) is 4.73. The van der Waals surface area contributed by atoms with Gasteiger partial charge in [-0.15, -0.1) is 0 Å². The second-order valence-corrected chi connectivity index (χ2v) is 6.03. The lowest BCUT2D eigenvalue weighted by atomic mass is 10.0. The van der Waals surface area contributed by atoms with Crippen molar-refractivity contribution in [2.24, 2.45) is 11.7 Å². The minimum Gasteiger partial charge on any atom is -0.493 e. The highest BCUT2D eigenvalue weighted by Gasteiger charge is 2.08. The van der Waals surface area contributed by atoms with Gasteiger partial charge >= 0.3 is 0 Å². The Labute approximate surface area is 129 Å². The van der Waals surface area contributed by atoms with E-state index in [2.05, 4.69) is 29.8 Å². The van der Waals surface area contributed by atoms with Gasteiger partial charge in [0.1, 0.15) is 10.7 Å². The molecule has 0 amide bonds. The van der Waals surface area contributed by atoms with Gasteiger partial charge in [-0.3, -0.25) is 0 Å². The van der Waals surface area contributed by atoms with E-state index in [-0.39, 0.29) is 0 Å². The zero-order valence-corrected chi connectivity index (χ0v) is 14.0. The summed E-state index contributed by atoms with van der Waals surface area (Å²) in [5.74, 6) is 1.50. The van der Waals surface area contributed by atoms with Gasteiger partial charge in [0.15, 0.2) is 0 Å². The van der Waals surface area contributed by atoms with E-state index in [0.29, 0.717) is 10.9 Å². The second kappa shape index (κ2) is 8.54. The Morgan fingerprint density at radius 2 is 2.16 bits per heavy atom. The highest BCUT2D eigenvalue weighted by Crippen LogP contribution is 2.24. The average molecular weight is 344 g/mol. The summed E-state index contributed by atoms with van der Waals surface area (Å²) in [6.07, 6.45) is 4.90. The number of benzene rings is 1. The van der Waals surface area contributed by atoms with Crippen LogP contribution in [0.4, 0.5) is 0 Å². The van der Waals surface area contributed by atoms with Crippen molar-refractivity contribution >= 4 is 33.1 Å². The van der Waals surface area contributed by atoms with E-state index in [9.17, 15) is 0 Å². The molecule has 1 atom stereocenters. The first kappa shape index (κ1) is 16.4. The van der Waals surface area contributed by atoms with E-state index in [1.165, 1.54) is 19.3 Å². The molecule has 1 rings (SSSR count). The molecule has 1 unspecified atom stereocenters. The van der Waals surface area contributed by atoms with E-state index in [0.717, 1.165) is 28.8 Å². The van der Waals surface area contributed by atoms with Gasteiger partial charge in [0.25, 0.3) is 0 Å². The Bertz CT molecular complexity index is 423. The Morgan fingerprint density at radius 3 is 2.68 bits per heavy atom. The summed E-state index contributed by atoms with van der Waals surface area (Å²) >= 11 is 8.44. The molecule has 4 heteroatoms. The van der Waals surface area contributed by atoms with Crippen molar-refractivity contribution in [2.75, 3.05) is 6.61 Å². The number of halogens is 1. The predicted molar refractivity (Wildman–Crippen MR) is 88.8 cm³/mol. The van der Waals surface area contributed by atoms with Crippen LogP contribution in [0.5, 0.6) is 5.75 Å². The number of ether oxygens (including phenoxy) is 1. The minimum absolute atomic E-state index is 0.396. The molecule has 106 valence electrons. The molecular formula is C15H22BrNOS. The molecule has 0 bridgehead atoms. The molecule has 0 heterocycles. The van der Waals surface area contributed by atoms with Crippen LogP contribution in [0.25, 0.3) is 0 Å². The number of rotatable bonds is 8. The quantitative estimate of drug-likeness (QED) is 0.696.